The molecule has 1 N–H and O–H groups in total. The van der Waals surface area contributed by atoms with Crippen LogP contribution in [0.4, 0.5) is 5.69 Å². The van der Waals surface area contributed by atoms with Gasteiger partial charge in [0.2, 0.25) is 10.0 Å². The zero-order chi connectivity index (χ0) is 22.1. The maximum Gasteiger partial charge on any atom is 0.253 e. The minimum Gasteiger partial charge on any atom is -0.362 e. The number of aromatic nitrogens is 1. The van der Waals surface area contributed by atoms with Gasteiger partial charge in [0.15, 0.2) is 0 Å². The van der Waals surface area contributed by atoms with Crippen LogP contribution in [0.5, 0.6) is 0 Å². The van der Waals surface area contributed by atoms with Gasteiger partial charge in [-0.25, -0.2) is 12.7 Å². The lowest BCUT2D eigenvalue weighted by atomic mass is 9.81. The van der Waals surface area contributed by atoms with Gasteiger partial charge < -0.3 is 10.1 Å². The van der Waals surface area contributed by atoms with Crippen molar-refractivity contribution in [3.63, 3.8) is 0 Å². The van der Waals surface area contributed by atoms with Gasteiger partial charge in [-0.05, 0) is 49.8 Å². The number of anilines is 1. The van der Waals surface area contributed by atoms with Crippen molar-refractivity contribution in [2.75, 3.05) is 18.4 Å². The molecule has 31 heavy (non-hydrogen) atoms. The summed E-state index contributed by atoms with van der Waals surface area (Å²) in [4.78, 5) is 16.6. The number of carbonyl (C=O) groups is 1. The second-order valence-corrected chi connectivity index (χ2v) is 10.7. The smallest absolute Gasteiger partial charge is 0.253 e. The van der Waals surface area contributed by atoms with E-state index in [0.29, 0.717) is 31.6 Å². The van der Waals surface area contributed by atoms with Crippen molar-refractivity contribution in [3.05, 3.63) is 59.9 Å². The Morgan fingerprint density at radius 2 is 2.03 bits per heavy atom. The third-order valence-electron chi connectivity index (χ3n) is 6.45. The van der Waals surface area contributed by atoms with E-state index in [-0.39, 0.29) is 17.6 Å². The average Bonchev–Trinajstić information content (AvgIpc) is 3.18. The molecule has 2 aliphatic heterocycles. The van der Waals surface area contributed by atoms with Gasteiger partial charge >= 0.3 is 0 Å². The van der Waals surface area contributed by atoms with Crippen LogP contribution in [0.25, 0.3) is 0 Å². The number of rotatable bonds is 5. The van der Waals surface area contributed by atoms with Crippen molar-refractivity contribution in [3.8, 4) is 0 Å². The molecule has 3 heterocycles. The number of nitrogens with one attached hydrogen (secondary N) is 1. The van der Waals surface area contributed by atoms with Crippen LogP contribution in [-0.4, -0.2) is 48.4 Å². The van der Waals surface area contributed by atoms with E-state index in [2.05, 4.69) is 10.3 Å². The summed E-state index contributed by atoms with van der Waals surface area (Å²) in [5, 5.41) is 2.85. The molecule has 1 amide bonds. The summed E-state index contributed by atoms with van der Waals surface area (Å²) in [6, 6.07) is 11.2. The zero-order valence-electron chi connectivity index (χ0n) is 18.0. The highest BCUT2D eigenvalue weighted by molar-refractivity contribution is 7.88. The Balaban J connectivity index is 1.37. The first-order valence-corrected chi connectivity index (χ1v) is 12.3. The van der Waals surface area contributed by atoms with Gasteiger partial charge in [0.25, 0.3) is 5.91 Å². The van der Waals surface area contributed by atoms with Gasteiger partial charge in [-0.1, -0.05) is 36.8 Å². The fourth-order valence-electron chi connectivity index (χ4n) is 4.53. The van der Waals surface area contributed by atoms with E-state index in [1.54, 1.807) is 28.8 Å². The van der Waals surface area contributed by atoms with Crippen molar-refractivity contribution in [1.82, 2.24) is 9.29 Å². The normalized spacial score (nSPS) is 26.8. The molecule has 7 nitrogen and oxygen atoms in total. The van der Waals surface area contributed by atoms with Crippen molar-refractivity contribution >= 4 is 21.6 Å². The molecule has 8 heteroatoms. The Morgan fingerprint density at radius 3 is 2.71 bits per heavy atom. The average molecular weight is 444 g/mol. The maximum absolute atomic E-state index is 13.0. The predicted molar refractivity (Wildman–Crippen MR) is 119 cm³/mol. The maximum atomic E-state index is 13.0. The van der Waals surface area contributed by atoms with Crippen molar-refractivity contribution < 1.29 is 17.9 Å². The van der Waals surface area contributed by atoms with Crippen LogP contribution < -0.4 is 5.32 Å². The number of ether oxygens (including phenoxy) is 1. The van der Waals surface area contributed by atoms with Gasteiger partial charge in [0.05, 0.1) is 23.2 Å². The summed E-state index contributed by atoms with van der Waals surface area (Å²) in [5.41, 5.74) is 2.09. The summed E-state index contributed by atoms with van der Waals surface area (Å²) in [7, 11) is -3.41. The zero-order valence-corrected chi connectivity index (χ0v) is 18.8. The van der Waals surface area contributed by atoms with E-state index in [1.165, 1.54) is 0 Å². The molecule has 1 spiro atoms. The monoisotopic (exact) mass is 443 g/mol. The first-order valence-electron chi connectivity index (χ1n) is 10.7. The molecule has 0 saturated carbocycles. The van der Waals surface area contributed by atoms with Crippen molar-refractivity contribution in [1.29, 1.82) is 0 Å². The number of aryl methyl sites for hydroxylation is 1. The molecule has 3 unspecified atom stereocenters. The topological polar surface area (TPSA) is 88.6 Å². The molecular weight excluding hydrogens is 414 g/mol. The first kappa shape index (κ1) is 21.9. The summed E-state index contributed by atoms with van der Waals surface area (Å²) in [5.74, 6) is -0.166. The Hall–Kier alpha value is -2.29. The molecule has 4 rings (SSSR count). The molecule has 1 aromatic heterocycles. The van der Waals surface area contributed by atoms with E-state index >= 15 is 0 Å². The summed E-state index contributed by atoms with van der Waals surface area (Å²) in [6.07, 6.45) is 4.70. The van der Waals surface area contributed by atoms with Crippen LogP contribution in [-0.2, 0) is 25.3 Å². The number of nitrogens with zero attached hydrogens (tertiary/aromatic N) is 2. The lowest BCUT2D eigenvalue weighted by Gasteiger charge is -2.43. The van der Waals surface area contributed by atoms with Gasteiger partial charge in [-0.2, -0.15) is 0 Å². The minimum atomic E-state index is -3.41. The number of carbonyl (C=O) groups excluding carboxylic acids is 1. The van der Waals surface area contributed by atoms with Crippen molar-refractivity contribution in [2.45, 2.75) is 50.6 Å². The van der Waals surface area contributed by atoms with E-state index in [4.69, 9.17) is 4.74 Å². The number of sulfonamides is 1. The quantitative estimate of drug-likeness (QED) is 0.767. The SMILES string of the molecule is Cc1ccc(CS(=O)(=O)N2CCC3(CCC(C(=O)Nc4cccnc4)O3)C(C)C2)cc1. The molecule has 0 bridgehead atoms. The van der Waals surface area contributed by atoms with E-state index in [1.807, 2.05) is 38.1 Å². The Bertz CT molecular complexity index is 1030. The number of piperidine rings is 1. The molecule has 3 atom stereocenters. The van der Waals surface area contributed by atoms with Gasteiger partial charge in [0.1, 0.15) is 6.10 Å². The Kier molecular flexibility index (Phi) is 6.14. The van der Waals surface area contributed by atoms with E-state index in [9.17, 15) is 13.2 Å². The van der Waals surface area contributed by atoms with Crippen LogP contribution in [0.3, 0.4) is 0 Å². The summed E-state index contributed by atoms with van der Waals surface area (Å²) >= 11 is 0. The van der Waals surface area contributed by atoms with Gasteiger partial charge in [-0.3, -0.25) is 9.78 Å². The largest absolute Gasteiger partial charge is 0.362 e. The second-order valence-electron chi connectivity index (χ2n) is 8.69. The van der Waals surface area contributed by atoms with Gasteiger partial charge in [-0.15, -0.1) is 0 Å². The molecule has 0 aliphatic carbocycles. The molecule has 0 radical (unpaired) electrons. The lowest BCUT2D eigenvalue weighted by Crippen LogP contribution is -2.53. The van der Waals surface area contributed by atoms with Crippen molar-refractivity contribution in [2.24, 2.45) is 5.92 Å². The molecule has 2 aliphatic rings. The predicted octanol–water partition coefficient (Wildman–Crippen LogP) is 3.12. The van der Waals surface area contributed by atoms with Crippen LogP contribution in [0.2, 0.25) is 0 Å². The third-order valence-corrected chi connectivity index (χ3v) is 8.27. The minimum absolute atomic E-state index is 0.00397. The fraction of sp³-hybridized carbons (Fsp3) is 0.478. The molecule has 1 aromatic carbocycles. The van der Waals surface area contributed by atoms with Crippen LogP contribution in [0.15, 0.2) is 48.8 Å². The summed E-state index contributed by atoms with van der Waals surface area (Å²) < 4.78 is 33.8. The highest BCUT2D eigenvalue weighted by atomic mass is 32.2. The van der Waals surface area contributed by atoms with E-state index < -0.39 is 21.7 Å². The fourth-order valence-corrected chi connectivity index (χ4v) is 6.15. The van der Waals surface area contributed by atoms with Crippen LogP contribution in [0.1, 0.15) is 37.3 Å². The first-order chi connectivity index (χ1) is 14.8. The highest BCUT2D eigenvalue weighted by Gasteiger charge is 2.50. The number of pyridine rings is 1. The van der Waals surface area contributed by atoms with Crippen LogP contribution in [0, 0.1) is 12.8 Å². The Labute approximate surface area is 183 Å². The van der Waals surface area contributed by atoms with Gasteiger partial charge in [0, 0.05) is 19.3 Å². The highest BCUT2D eigenvalue weighted by Crippen LogP contribution is 2.43. The molecule has 166 valence electrons. The molecule has 2 fully saturated rings. The molecule has 2 saturated heterocycles. The summed E-state index contributed by atoms with van der Waals surface area (Å²) in [6.45, 7) is 4.82. The number of benzene rings is 1. The number of hydrogen-bond donors (Lipinski definition) is 1. The third kappa shape index (κ3) is 4.81. The van der Waals surface area contributed by atoms with E-state index in [0.717, 1.165) is 17.5 Å². The molecular formula is C23H29N3O4S. The lowest BCUT2D eigenvalue weighted by molar-refractivity contribution is -0.140. The number of amides is 1. The standard InChI is InChI=1S/C23H29N3O4S/c1-17-5-7-19(8-6-17)16-31(28,29)26-13-11-23(18(2)15-26)10-9-21(30-23)22(27)25-20-4-3-12-24-14-20/h3-8,12,14,18,21H,9-11,13,15-16H2,1-2H3,(H,25,27). The second kappa shape index (κ2) is 8.68. The number of hydrogen-bond acceptors (Lipinski definition) is 5. The van der Waals surface area contributed by atoms with Crippen LogP contribution >= 0.6 is 0 Å². The Morgan fingerprint density at radius 1 is 1.26 bits per heavy atom. The molecule has 2 aromatic rings.